The molecule has 0 saturated heterocycles. The number of fused-ring (bicyclic) bond motifs is 1. The minimum absolute atomic E-state index is 0.119. The second-order valence-corrected chi connectivity index (χ2v) is 7.57. The number of methoxy groups -OCH3 is 1. The summed E-state index contributed by atoms with van der Waals surface area (Å²) in [5.41, 5.74) is 2.15. The lowest BCUT2D eigenvalue weighted by atomic mass is 10.0. The van der Waals surface area contributed by atoms with E-state index in [0.29, 0.717) is 17.1 Å². The molecule has 29 heavy (non-hydrogen) atoms. The highest BCUT2D eigenvalue weighted by Gasteiger charge is 2.37. The number of carboxylic acid groups (broad SMARTS) is 1. The fraction of sp³-hybridized carbons (Fsp3) is 0.391. The molecule has 1 aliphatic heterocycles. The Labute approximate surface area is 170 Å². The van der Waals surface area contributed by atoms with Crippen LogP contribution in [-0.2, 0) is 0 Å². The van der Waals surface area contributed by atoms with Crippen LogP contribution in [0.25, 0.3) is 0 Å². The van der Waals surface area contributed by atoms with Gasteiger partial charge in [0.05, 0.1) is 24.8 Å². The van der Waals surface area contributed by atoms with Crippen molar-refractivity contribution in [3.05, 3.63) is 53.1 Å². The summed E-state index contributed by atoms with van der Waals surface area (Å²) in [5, 5.41) is 9.28. The Morgan fingerprint density at radius 1 is 1.14 bits per heavy atom. The molecule has 1 heterocycles. The molecule has 1 saturated carbocycles. The van der Waals surface area contributed by atoms with Gasteiger partial charge in [-0.25, -0.2) is 4.79 Å². The quantitative estimate of drug-likeness (QED) is 0.758. The van der Waals surface area contributed by atoms with E-state index >= 15 is 0 Å². The van der Waals surface area contributed by atoms with Crippen molar-refractivity contribution in [1.82, 2.24) is 0 Å². The van der Waals surface area contributed by atoms with E-state index in [9.17, 15) is 14.7 Å². The number of carbonyl (C=O) groups excluding carboxylic acids is 1. The molecule has 1 unspecified atom stereocenters. The van der Waals surface area contributed by atoms with E-state index in [4.69, 9.17) is 9.47 Å². The van der Waals surface area contributed by atoms with Crippen molar-refractivity contribution in [3.63, 3.8) is 0 Å². The number of hydrogen-bond acceptors (Lipinski definition) is 4. The van der Waals surface area contributed by atoms with Crippen LogP contribution in [-0.4, -0.2) is 30.2 Å². The van der Waals surface area contributed by atoms with Gasteiger partial charge in [0, 0.05) is 17.3 Å². The number of carboxylic acids is 1. The van der Waals surface area contributed by atoms with Gasteiger partial charge in [0.15, 0.2) is 11.5 Å². The van der Waals surface area contributed by atoms with Crippen LogP contribution < -0.4 is 14.4 Å². The molecule has 0 bridgehead atoms. The fourth-order valence-corrected chi connectivity index (χ4v) is 4.37. The predicted octanol–water partition coefficient (Wildman–Crippen LogP) is 4.83. The summed E-state index contributed by atoms with van der Waals surface area (Å²) < 4.78 is 11.7. The van der Waals surface area contributed by atoms with Gasteiger partial charge >= 0.3 is 5.97 Å². The lowest BCUT2D eigenvalue weighted by molar-refractivity contribution is 0.0697. The monoisotopic (exact) mass is 395 g/mol. The van der Waals surface area contributed by atoms with Gasteiger partial charge in [-0.2, -0.15) is 0 Å². The van der Waals surface area contributed by atoms with Gasteiger partial charge in [-0.3, -0.25) is 4.79 Å². The standard InChI is InChI=1S/C23H25NO5/c1-3-19-17-10-8-14(23(26)27)12-18(17)22(25)24(19)15-9-11-20(28-2)21(13-15)29-16-6-4-5-7-16/h8-13,16,19H,3-7H2,1-2H3,(H,26,27). The minimum atomic E-state index is -1.04. The van der Waals surface area contributed by atoms with Crippen molar-refractivity contribution in [1.29, 1.82) is 0 Å². The van der Waals surface area contributed by atoms with Gasteiger partial charge in [0.2, 0.25) is 0 Å². The summed E-state index contributed by atoms with van der Waals surface area (Å²) in [4.78, 5) is 26.3. The molecule has 6 nitrogen and oxygen atoms in total. The predicted molar refractivity (Wildman–Crippen MR) is 109 cm³/mol. The van der Waals surface area contributed by atoms with E-state index in [0.717, 1.165) is 43.4 Å². The van der Waals surface area contributed by atoms with Crippen LogP contribution >= 0.6 is 0 Å². The van der Waals surface area contributed by atoms with Crippen LogP contribution in [0.2, 0.25) is 0 Å². The summed E-state index contributed by atoms with van der Waals surface area (Å²) in [5.74, 6) is 0.0588. The average Bonchev–Trinajstić information content (AvgIpc) is 3.33. The summed E-state index contributed by atoms with van der Waals surface area (Å²) in [6.07, 6.45) is 5.27. The molecule has 0 radical (unpaired) electrons. The van der Waals surface area contributed by atoms with Crippen LogP contribution in [0.3, 0.4) is 0 Å². The number of amides is 1. The number of rotatable bonds is 6. The Morgan fingerprint density at radius 2 is 1.90 bits per heavy atom. The first kappa shape index (κ1) is 19.3. The number of benzene rings is 2. The fourth-order valence-electron chi connectivity index (χ4n) is 4.37. The highest BCUT2D eigenvalue weighted by Crippen LogP contribution is 2.43. The van der Waals surface area contributed by atoms with Crippen molar-refractivity contribution < 1.29 is 24.2 Å². The van der Waals surface area contributed by atoms with E-state index in [1.165, 1.54) is 6.07 Å². The van der Waals surface area contributed by atoms with Crippen LogP contribution in [0.5, 0.6) is 11.5 Å². The molecular weight excluding hydrogens is 370 g/mol. The first-order chi connectivity index (χ1) is 14.0. The summed E-state index contributed by atoms with van der Waals surface area (Å²) in [6.45, 7) is 2.02. The molecule has 1 aliphatic carbocycles. The number of carbonyl (C=O) groups is 2. The van der Waals surface area contributed by atoms with Crippen molar-refractivity contribution in [2.75, 3.05) is 12.0 Å². The SMILES string of the molecule is CCC1c2ccc(C(=O)O)cc2C(=O)N1c1ccc(OC)c(OC2CCCC2)c1. The molecule has 2 aliphatic rings. The van der Waals surface area contributed by atoms with Gasteiger partial charge in [-0.05, 0) is 61.9 Å². The van der Waals surface area contributed by atoms with Gasteiger partial charge in [0.1, 0.15) is 0 Å². The lowest BCUT2D eigenvalue weighted by Gasteiger charge is -2.26. The molecule has 4 rings (SSSR count). The Balaban J connectivity index is 1.71. The summed E-state index contributed by atoms with van der Waals surface area (Å²) in [6, 6.07) is 10.2. The second kappa shape index (κ2) is 7.78. The first-order valence-electron chi connectivity index (χ1n) is 10.1. The maximum Gasteiger partial charge on any atom is 0.335 e. The Bertz CT molecular complexity index is 948. The molecule has 1 N–H and O–H groups in total. The van der Waals surface area contributed by atoms with Crippen molar-refractivity contribution in [2.24, 2.45) is 0 Å². The second-order valence-electron chi connectivity index (χ2n) is 7.57. The Morgan fingerprint density at radius 3 is 2.55 bits per heavy atom. The van der Waals surface area contributed by atoms with E-state index < -0.39 is 5.97 Å². The van der Waals surface area contributed by atoms with Crippen LogP contribution in [0.15, 0.2) is 36.4 Å². The van der Waals surface area contributed by atoms with Gasteiger partial charge in [0.25, 0.3) is 5.91 Å². The van der Waals surface area contributed by atoms with Crippen LogP contribution in [0.4, 0.5) is 5.69 Å². The zero-order chi connectivity index (χ0) is 20.5. The van der Waals surface area contributed by atoms with Gasteiger partial charge < -0.3 is 19.5 Å². The summed E-state index contributed by atoms with van der Waals surface area (Å²) in [7, 11) is 1.61. The smallest absolute Gasteiger partial charge is 0.335 e. The molecule has 6 heteroatoms. The maximum atomic E-state index is 13.2. The molecule has 2 aromatic rings. The minimum Gasteiger partial charge on any atom is -0.493 e. The van der Waals surface area contributed by atoms with Crippen molar-refractivity contribution in [3.8, 4) is 11.5 Å². The molecule has 1 fully saturated rings. The van der Waals surface area contributed by atoms with Crippen molar-refractivity contribution >= 4 is 17.6 Å². The number of anilines is 1. The highest BCUT2D eigenvalue weighted by atomic mass is 16.5. The lowest BCUT2D eigenvalue weighted by Crippen LogP contribution is -2.27. The third-order valence-electron chi connectivity index (χ3n) is 5.83. The van der Waals surface area contributed by atoms with E-state index in [1.807, 2.05) is 25.1 Å². The Hall–Kier alpha value is -3.02. The molecule has 1 atom stereocenters. The van der Waals surface area contributed by atoms with E-state index in [-0.39, 0.29) is 23.6 Å². The van der Waals surface area contributed by atoms with Crippen LogP contribution in [0.1, 0.15) is 71.3 Å². The zero-order valence-electron chi connectivity index (χ0n) is 16.7. The first-order valence-corrected chi connectivity index (χ1v) is 10.1. The number of nitrogens with zero attached hydrogens (tertiary/aromatic N) is 1. The Kier molecular flexibility index (Phi) is 5.18. The topological polar surface area (TPSA) is 76.1 Å². The number of hydrogen-bond donors (Lipinski definition) is 1. The normalized spacial score (nSPS) is 18.8. The third-order valence-corrected chi connectivity index (χ3v) is 5.83. The summed E-state index contributed by atoms with van der Waals surface area (Å²) >= 11 is 0. The third kappa shape index (κ3) is 3.43. The van der Waals surface area contributed by atoms with Crippen LogP contribution in [0, 0.1) is 0 Å². The number of ether oxygens (including phenoxy) is 2. The molecule has 2 aromatic carbocycles. The maximum absolute atomic E-state index is 13.2. The molecule has 1 amide bonds. The number of aromatic carboxylic acids is 1. The molecule has 152 valence electrons. The highest BCUT2D eigenvalue weighted by molar-refractivity contribution is 6.12. The molecular formula is C23H25NO5. The zero-order valence-corrected chi connectivity index (χ0v) is 16.7. The van der Waals surface area contributed by atoms with E-state index in [1.54, 1.807) is 24.1 Å². The molecule has 0 aromatic heterocycles. The van der Waals surface area contributed by atoms with Crippen molar-refractivity contribution in [2.45, 2.75) is 51.2 Å². The van der Waals surface area contributed by atoms with Gasteiger partial charge in [-0.1, -0.05) is 13.0 Å². The van der Waals surface area contributed by atoms with E-state index in [2.05, 4.69) is 0 Å². The van der Waals surface area contributed by atoms with Gasteiger partial charge in [-0.15, -0.1) is 0 Å². The average molecular weight is 395 g/mol. The molecule has 0 spiro atoms. The largest absolute Gasteiger partial charge is 0.493 e.